The molecule has 1 aliphatic carbocycles. The van der Waals surface area contributed by atoms with Gasteiger partial charge in [0.25, 0.3) is 0 Å². The first-order valence-electron chi connectivity index (χ1n) is 6.30. The maximum absolute atomic E-state index is 11.9. The third kappa shape index (κ3) is 3.07. The smallest absolute Gasteiger partial charge is 0.159 e. The van der Waals surface area contributed by atoms with Crippen LogP contribution in [0.3, 0.4) is 0 Å². The predicted octanol–water partition coefficient (Wildman–Crippen LogP) is 4.29. The zero-order valence-electron chi connectivity index (χ0n) is 11.3. The minimum Gasteiger partial charge on any atom is -0.295 e. The van der Waals surface area contributed by atoms with Crippen LogP contribution in [0.5, 0.6) is 0 Å². The summed E-state index contributed by atoms with van der Waals surface area (Å²) in [5, 5.41) is 0. The summed E-state index contributed by atoms with van der Waals surface area (Å²) < 4.78 is 0. The van der Waals surface area contributed by atoms with E-state index in [0.29, 0.717) is 17.6 Å². The van der Waals surface area contributed by atoms with Gasteiger partial charge in [-0.15, -0.1) is 0 Å². The third-order valence-electron chi connectivity index (χ3n) is 3.60. The van der Waals surface area contributed by atoms with E-state index in [0.717, 1.165) is 24.8 Å². The molecule has 0 radical (unpaired) electrons. The first kappa shape index (κ1) is 13.2. The maximum atomic E-state index is 11.9. The van der Waals surface area contributed by atoms with Gasteiger partial charge in [0.05, 0.1) is 0 Å². The average Bonchev–Trinajstić information content (AvgIpc) is 2.40. The number of ketones is 1. The van der Waals surface area contributed by atoms with Crippen LogP contribution in [-0.4, -0.2) is 5.78 Å². The van der Waals surface area contributed by atoms with Gasteiger partial charge in [0.1, 0.15) is 0 Å². The first-order valence-corrected chi connectivity index (χ1v) is 6.30. The Hall–Kier alpha value is -0.850. The van der Waals surface area contributed by atoms with Crippen molar-refractivity contribution in [3.05, 3.63) is 22.8 Å². The van der Waals surface area contributed by atoms with Crippen LogP contribution in [-0.2, 0) is 4.79 Å². The van der Waals surface area contributed by atoms with Crippen molar-refractivity contribution in [3.8, 4) is 0 Å². The van der Waals surface area contributed by atoms with Crippen LogP contribution in [0.2, 0.25) is 0 Å². The molecule has 0 aliphatic heterocycles. The van der Waals surface area contributed by atoms with Gasteiger partial charge in [0.15, 0.2) is 5.78 Å². The van der Waals surface area contributed by atoms with Crippen LogP contribution in [0, 0.1) is 11.8 Å². The van der Waals surface area contributed by atoms with Crippen molar-refractivity contribution in [2.24, 2.45) is 11.8 Å². The van der Waals surface area contributed by atoms with E-state index in [1.165, 1.54) is 11.1 Å². The van der Waals surface area contributed by atoms with E-state index in [9.17, 15) is 4.79 Å². The van der Waals surface area contributed by atoms with Gasteiger partial charge in [-0.2, -0.15) is 0 Å². The van der Waals surface area contributed by atoms with E-state index in [1.807, 2.05) is 0 Å². The van der Waals surface area contributed by atoms with Crippen LogP contribution in [0.4, 0.5) is 0 Å². The van der Waals surface area contributed by atoms with Crippen molar-refractivity contribution >= 4 is 5.78 Å². The molecule has 0 saturated heterocycles. The van der Waals surface area contributed by atoms with Crippen molar-refractivity contribution in [2.45, 2.75) is 53.9 Å². The van der Waals surface area contributed by atoms with E-state index in [-0.39, 0.29) is 0 Å². The molecule has 0 spiro atoms. The lowest BCUT2D eigenvalue weighted by Gasteiger charge is -2.12. The molecule has 1 rings (SSSR count). The Morgan fingerprint density at radius 2 is 2.12 bits per heavy atom. The highest BCUT2D eigenvalue weighted by Gasteiger charge is 2.29. The van der Waals surface area contributed by atoms with Crippen molar-refractivity contribution < 1.29 is 4.79 Å². The Kier molecular flexibility index (Phi) is 4.52. The number of Topliss-reactive ketones (excluding diaryl/α,β-unsaturated/α-hetero) is 1. The lowest BCUT2D eigenvalue weighted by molar-refractivity contribution is -0.115. The summed E-state index contributed by atoms with van der Waals surface area (Å²) in [6, 6.07) is 0. The summed E-state index contributed by atoms with van der Waals surface area (Å²) in [5.74, 6) is 1.27. The van der Waals surface area contributed by atoms with Gasteiger partial charge in [0, 0.05) is 6.42 Å². The summed E-state index contributed by atoms with van der Waals surface area (Å²) in [7, 11) is 0. The molecule has 1 aliphatic rings. The Labute approximate surface area is 99.6 Å². The molecule has 0 fully saturated rings. The molecule has 1 nitrogen and oxygen atoms in total. The molecule has 0 aromatic rings. The monoisotopic (exact) mass is 220 g/mol. The van der Waals surface area contributed by atoms with Crippen LogP contribution in [0.1, 0.15) is 53.9 Å². The van der Waals surface area contributed by atoms with Crippen LogP contribution < -0.4 is 0 Å². The molecule has 2 atom stereocenters. The SMILES string of the molecule is CC(C)=CCCC(C)C1=C(C)C(C)CC1=O. The van der Waals surface area contributed by atoms with Gasteiger partial charge in [-0.05, 0) is 51.0 Å². The van der Waals surface area contributed by atoms with Gasteiger partial charge >= 0.3 is 0 Å². The van der Waals surface area contributed by atoms with E-state index in [2.05, 4.69) is 40.7 Å². The van der Waals surface area contributed by atoms with Gasteiger partial charge in [0.2, 0.25) is 0 Å². The highest BCUT2D eigenvalue weighted by molar-refractivity contribution is 5.99. The van der Waals surface area contributed by atoms with Gasteiger partial charge < -0.3 is 0 Å². The molecular formula is C15H24O. The molecule has 0 aromatic carbocycles. The summed E-state index contributed by atoms with van der Waals surface area (Å²) in [4.78, 5) is 11.9. The molecule has 16 heavy (non-hydrogen) atoms. The number of carbonyl (C=O) groups excluding carboxylic acids is 1. The van der Waals surface area contributed by atoms with Crippen molar-refractivity contribution in [1.29, 1.82) is 0 Å². The van der Waals surface area contributed by atoms with Gasteiger partial charge in [-0.1, -0.05) is 31.1 Å². The molecule has 0 N–H and O–H groups in total. The molecule has 0 aromatic heterocycles. The van der Waals surface area contributed by atoms with E-state index in [1.54, 1.807) is 0 Å². The second-order valence-corrected chi connectivity index (χ2v) is 5.38. The molecule has 0 amide bonds. The van der Waals surface area contributed by atoms with Crippen molar-refractivity contribution in [3.63, 3.8) is 0 Å². The summed E-state index contributed by atoms with van der Waals surface area (Å²) in [6.07, 6.45) is 5.17. The Morgan fingerprint density at radius 3 is 2.56 bits per heavy atom. The largest absolute Gasteiger partial charge is 0.295 e. The number of hydrogen-bond donors (Lipinski definition) is 0. The van der Waals surface area contributed by atoms with E-state index in [4.69, 9.17) is 0 Å². The highest BCUT2D eigenvalue weighted by Crippen LogP contribution is 2.34. The fourth-order valence-corrected chi connectivity index (χ4v) is 2.46. The lowest BCUT2D eigenvalue weighted by Crippen LogP contribution is -2.07. The summed E-state index contributed by atoms with van der Waals surface area (Å²) in [6.45, 7) is 10.7. The quantitative estimate of drug-likeness (QED) is 0.646. The van der Waals surface area contributed by atoms with Crippen LogP contribution >= 0.6 is 0 Å². The molecule has 0 saturated carbocycles. The minimum absolute atomic E-state index is 0.384. The van der Waals surface area contributed by atoms with Crippen LogP contribution in [0.15, 0.2) is 22.8 Å². The Balaban J connectivity index is 2.63. The molecular weight excluding hydrogens is 196 g/mol. The number of rotatable bonds is 4. The highest BCUT2D eigenvalue weighted by atomic mass is 16.1. The fourth-order valence-electron chi connectivity index (χ4n) is 2.46. The average molecular weight is 220 g/mol. The topological polar surface area (TPSA) is 17.1 Å². The number of carbonyl (C=O) groups is 1. The van der Waals surface area contributed by atoms with E-state index < -0.39 is 0 Å². The predicted molar refractivity (Wildman–Crippen MR) is 69.3 cm³/mol. The second-order valence-electron chi connectivity index (χ2n) is 5.38. The third-order valence-corrected chi connectivity index (χ3v) is 3.60. The van der Waals surface area contributed by atoms with E-state index >= 15 is 0 Å². The number of allylic oxidation sites excluding steroid dienone is 4. The van der Waals surface area contributed by atoms with Gasteiger partial charge in [-0.25, -0.2) is 0 Å². The Bertz CT molecular complexity index is 329. The molecule has 2 unspecified atom stereocenters. The normalized spacial score (nSPS) is 22.6. The van der Waals surface area contributed by atoms with Crippen molar-refractivity contribution in [2.75, 3.05) is 0 Å². The summed E-state index contributed by atoms with van der Waals surface area (Å²) in [5.41, 5.74) is 3.81. The standard InChI is InChI=1S/C15H24O/c1-10(2)7-6-8-11(3)15-13(5)12(4)9-14(15)16/h7,11-12H,6,8-9H2,1-5H3. The molecule has 0 heterocycles. The number of hydrogen-bond acceptors (Lipinski definition) is 1. The zero-order chi connectivity index (χ0) is 12.3. The minimum atomic E-state index is 0.384. The van der Waals surface area contributed by atoms with Crippen LogP contribution in [0.25, 0.3) is 0 Å². The van der Waals surface area contributed by atoms with Gasteiger partial charge in [-0.3, -0.25) is 4.79 Å². The lowest BCUT2D eigenvalue weighted by atomic mass is 9.92. The fraction of sp³-hybridized carbons (Fsp3) is 0.667. The van der Waals surface area contributed by atoms with Crippen molar-refractivity contribution in [1.82, 2.24) is 0 Å². The Morgan fingerprint density at radius 1 is 1.50 bits per heavy atom. The maximum Gasteiger partial charge on any atom is 0.159 e. The molecule has 0 bridgehead atoms. The summed E-state index contributed by atoms with van der Waals surface area (Å²) >= 11 is 0. The first-order chi connectivity index (χ1) is 7.43. The second kappa shape index (κ2) is 5.47. The molecule has 1 heteroatoms. The molecule has 90 valence electrons. The zero-order valence-corrected chi connectivity index (χ0v) is 11.3.